The molecule has 25 heavy (non-hydrogen) atoms. The molecule has 0 unspecified atom stereocenters. The Morgan fingerprint density at radius 2 is 1.92 bits per heavy atom. The van der Waals surface area contributed by atoms with E-state index in [9.17, 15) is 5.11 Å². The monoisotopic (exact) mass is 363 g/mol. The molecular weight excluding hydrogens is 342 g/mol. The Morgan fingerprint density at radius 3 is 2.68 bits per heavy atom. The van der Waals surface area contributed by atoms with Gasteiger partial charge in [-0.05, 0) is 43.3 Å². The smallest absolute Gasteiger partial charge is 0.161 e. The molecule has 0 fully saturated rings. The largest absolute Gasteiger partial charge is 0.491 e. The summed E-state index contributed by atoms with van der Waals surface area (Å²) in [5.41, 5.74) is 0. The standard InChI is InChI=1S/C19H22ClNO4/c1-13(19-12-24-17-4-2-3-5-18(17)25-19)21-10-15(22)11-23-16-8-6-14(20)7-9-16/h2-9,13,15,19,21-22H,10-12H2,1H3/t13-,15+,19-/m0/s1. The van der Waals surface area contributed by atoms with Gasteiger partial charge in [0.25, 0.3) is 0 Å². The molecule has 0 aliphatic carbocycles. The molecule has 2 N–H and O–H groups in total. The van der Waals surface area contributed by atoms with E-state index in [2.05, 4.69) is 5.32 Å². The predicted molar refractivity (Wildman–Crippen MR) is 96.8 cm³/mol. The maximum Gasteiger partial charge on any atom is 0.161 e. The Labute approximate surface area is 152 Å². The first-order chi connectivity index (χ1) is 12.1. The molecule has 3 atom stereocenters. The van der Waals surface area contributed by atoms with Gasteiger partial charge < -0.3 is 24.6 Å². The molecule has 1 heterocycles. The van der Waals surface area contributed by atoms with Crippen LogP contribution < -0.4 is 19.5 Å². The van der Waals surface area contributed by atoms with Crippen LogP contribution in [0, 0.1) is 0 Å². The fourth-order valence-electron chi connectivity index (χ4n) is 2.52. The molecule has 0 spiro atoms. The fourth-order valence-corrected chi connectivity index (χ4v) is 2.64. The number of benzene rings is 2. The number of fused-ring (bicyclic) bond motifs is 1. The topological polar surface area (TPSA) is 60.0 Å². The van der Waals surface area contributed by atoms with E-state index in [1.165, 1.54) is 0 Å². The van der Waals surface area contributed by atoms with Crippen LogP contribution in [0.3, 0.4) is 0 Å². The highest BCUT2D eigenvalue weighted by atomic mass is 35.5. The summed E-state index contributed by atoms with van der Waals surface area (Å²) in [6.45, 7) is 3.08. The van der Waals surface area contributed by atoms with Crippen LogP contribution in [0.2, 0.25) is 5.02 Å². The number of hydrogen-bond donors (Lipinski definition) is 2. The van der Waals surface area contributed by atoms with Gasteiger partial charge in [-0.1, -0.05) is 23.7 Å². The SMILES string of the molecule is C[C@H](NC[C@@H](O)COc1ccc(Cl)cc1)[C@@H]1COc2ccccc2O1. The van der Waals surface area contributed by atoms with Crippen molar-refractivity contribution in [2.45, 2.75) is 25.2 Å². The molecule has 0 amide bonds. The third-order valence-corrected chi connectivity index (χ3v) is 4.27. The molecule has 5 nitrogen and oxygen atoms in total. The van der Waals surface area contributed by atoms with Crippen molar-refractivity contribution in [3.63, 3.8) is 0 Å². The second-order valence-corrected chi connectivity index (χ2v) is 6.47. The molecule has 1 aliphatic heterocycles. The minimum absolute atomic E-state index is 0.0264. The van der Waals surface area contributed by atoms with Crippen LogP contribution in [-0.4, -0.2) is 43.1 Å². The fraction of sp³-hybridized carbons (Fsp3) is 0.368. The van der Waals surface area contributed by atoms with Crippen LogP contribution in [0.15, 0.2) is 48.5 Å². The van der Waals surface area contributed by atoms with Gasteiger partial charge in [0, 0.05) is 17.6 Å². The molecule has 0 bridgehead atoms. The highest BCUT2D eigenvalue weighted by Gasteiger charge is 2.26. The van der Waals surface area contributed by atoms with E-state index in [1.54, 1.807) is 24.3 Å². The lowest BCUT2D eigenvalue weighted by molar-refractivity contribution is 0.0557. The van der Waals surface area contributed by atoms with Gasteiger partial charge in [-0.3, -0.25) is 0 Å². The molecule has 3 rings (SSSR count). The second-order valence-electron chi connectivity index (χ2n) is 6.03. The van der Waals surface area contributed by atoms with Crippen LogP contribution in [-0.2, 0) is 0 Å². The van der Waals surface area contributed by atoms with E-state index in [0.717, 1.165) is 11.5 Å². The maximum absolute atomic E-state index is 10.1. The van der Waals surface area contributed by atoms with Crippen molar-refractivity contribution in [1.29, 1.82) is 0 Å². The Morgan fingerprint density at radius 1 is 1.20 bits per heavy atom. The molecule has 2 aromatic rings. The van der Waals surface area contributed by atoms with Gasteiger partial charge in [0.2, 0.25) is 0 Å². The van der Waals surface area contributed by atoms with Crippen LogP contribution in [0.1, 0.15) is 6.92 Å². The zero-order chi connectivity index (χ0) is 17.6. The molecule has 1 aliphatic rings. The van der Waals surface area contributed by atoms with Crippen LogP contribution >= 0.6 is 11.6 Å². The predicted octanol–water partition coefficient (Wildman–Crippen LogP) is 2.90. The van der Waals surface area contributed by atoms with Crippen molar-refractivity contribution in [3.8, 4) is 17.2 Å². The number of ether oxygens (including phenoxy) is 3. The molecule has 134 valence electrons. The van der Waals surface area contributed by atoms with Crippen LogP contribution in [0.5, 0.6) is 17.2 Å². The van der Waals surface area contributed by atoms with E-state index < -0.39 is 6.10 Å². The summed E-state index contributed by atoms with van der Waals surface area (Å²) in [6, 6.07) is 14.7. The average Bonchev–Trinajstić information content (AvgIpc) is 2.65. The van der Waals surface area contributed by atoms with Crippen molar-refractivity contribution in [2.24, 2.45) is 0 Å². The lowest BCUT2D eigenvalue weighted by Crippen LogP contribution is -2.48. The molecule has 0 radical (unpaired) electrons. The number of nitrogens with one attached hydrogen (secondary N) is 1. The van der Waals surface area contributed by atoms with E-state index in [1.807, 2.05) is 31.2 Å². The van der Waals surface area contributed by atoms with Crippen molar-refractivity contribution in [2.75, 3.05) is 19.8 Å². The summed E-state index contributed by atoms with van der Waals surface area (Å²) in [6.07, 6.45) is -0.741. The third-order valence-electron chi connectivity index (χ3n) is 4.02. The Bertz CT molecular complexity index is 679. The van der Waals surface area contributed by atoms with Gasteiger partial charge in [-0.15, -0.1) is 0 Å². The summed E-state index contributed by atoms with van der Waals surface area (Å²) in [7, 11) is 0. The first kappa shape index (κ1) is 17.9. The van der Waals surface area contributed by atoms with Gasteiger partial charge >= 0.3 is 0 Å². The number of hydrogen-bond acceptors (Lipinski definition) is 5. The van der Waals surface area contributed by atoms with Crippen molar-refractivity contribution in [1.82, 2.24) is 5.32 Å². The zero-order valence-corrected chi connectivity index (χ0v) is 14.8. The highest BCUT2D eigenvalue weighted by molar-refractivity contribution is 6.30. The van der Waals surface area contributed by atoms with Crippen LogP contribution in [0.4, 0.5) is 0 Å². The Balaban J connectivity index is 1.41. The molecule has 0 saturated carbocycles. The number of rotatable bonds is 7. The zero-order valence-electron chi connectivity index (χ0n) is 14.0. The van der Waals surface area contributed by atoms with E-state index in [0.29, 0.717) is 23.9 Å². The molecule has 6 heteroatoms. The number of para-hydroxylation sites is 2. The number of aliphatic hydroxyl groups is 1. The highest BCUT2D eigenvalue weighted by Crippen LogP contribution is 2.31. The Kier molecular flexibility index (Phi) is 6.02. The average molecular weight is 364 g/mol. The second kappa shape index (κ2) is 8.43. The first-order valence-electron chi connectivity index (χ1n) is 8.30. The van der Waals surface area contributed by atoms with E-state index in [4.69, 9.17) is 25.8 Å². The molecule has 0 aromatic heterocycles. The lowest BCUT2D eigenvalue weighted by atomic mass is 10.1. The normalized spacial score (nSPS) is 18.4. The number of aliphatic hydroxyl groups excluding tert-OH is 1. The summed E-state index contributed by atoms with van der Waals surface area (Å²) in [5, 5.41) is 14.0. The van der Waals surface area contributed by atoms with E-state index >= 15 is 0 Å². The minimum Gasteiger partial charge on any atom is -0.491 e. The van der Waals surface area contributed by atoms with Gasteiger partial charge in [0.15, 0.2) is 11.5 Å². The van der Waals surface area contributed by atoms with Gasteiger partial charge in [-0.2, -0.15) is 0 Å². The summed E-state index contributed by atoms with van der Waals surface area (Å²) in [5.74, 6) is 2.19. The van der Waals surface area contributed by atoms with Crippen LogP contribution in [0.25, 0.3) is 0 Å². The summed E-state index contributed by atoms with van der Waals surface area (Å²) in [4.78, 5) is 0. The van der Waals surface area contributed by atoms with Gasteiger partial charge in [-0.25, -0.2) is 0 Å². The Hall–Kier alpha value is -1.95. The third kappa shape index (κ3) is 5.01. The molecular formula is C19H22ClNO4. The quantitative estimate of drug-likeness (QED) is 0.792. The van der Waals surface area contributed by atoms with Crippen molar-refractivity contribution >= 4 is 11.6 Å². The summed E-state index contributed by atoms with van der Waals surface area (Å²) >= 11 is 5.83. The van der Waals surface area contributed by atoms with Crippen molar-refractivity contribution in [3.05, 3.63) is 53.6 Å². The molecule has 0 saturated heterocycles. The lowest BCUT2D eigenvalue weighted by Gasteiger charge is -2.31. The maximum atomic E-state index is 10.1. The van der Waals surface area contributed by atoms with Gasteiger partial charge in [0.1, 0.15) is 31.2 Å². The van der Waals surface area contributed by atoms with E-state index in [-0.39, 0.29) is 18.8 Å². The van der Waals surface area contributed by atoms with Crippen molar-refractivity contribution < 1.29 is 19.3 Å². The summed E-state index contributed by atoms with van der Waals surface area (Å²) < 4.78 is 17.2. The van der Waals surface area contributed by atoms with Gasteiger partial charge in [0.05, 0.1) is 0 Å². The molecule has 2 aromatic carbocycles. The first-order valence-corrected chi connectivity index (χ1v) is 8.68. The number of halogens is 1. The minimum atomic E-state index is -0.630.